The first kappa shape index (κ1) is 12.4. The van der Waals surface area contributed by atoms with Crippen LogP contribution in [-0.4, -0.2) is 29.1 Å². The fraction of sp³-hybridized carbons (Fsp3) is 0.667. The van der Waals surface area contributed by atoms with Gasteiger partial charge in [-0.05, 0) is 25.1 Å². The van der Waals surface area contributed by atoms with Gasteiger partial charge in [0, 0.05) is 22.5 Å². The summed E-state index contributed by atoms with van der Waals surface area (Å²) >= 11 is 4.14. The molecule has 1 aromatic rings. The molecule has 0 radical (unpaired) electrons. The molecular formula is C12H19NOS2. The van der Waals surface area contributed by atoms with Gasteiger partial charge in [-0.1, -0.05) is 6.92 Å². The van der Waals surface area contributed by atoms with Crippen molar-refractivity contribution in [2.75, 3.05) is 23.8 Å². The summed E-state index contributed by atoms with van der Waals surface area (Å²) in [5.74, 6) is 4.88. The molecule has 1 aliphatic rings. The Bertz CT molecular complexity index is 283. The van der Waals surface area contributed by atoms with Crippen LogP contribution >= 0.6 is 23.5 Å². The van der Waals surface area contributed by atoms with E-state index in [-0.39, 0.29) is 0 Å². The van der Waals surface area contributed by atoms with Crippen molar-refractivity contribution >= 4 is 23.5 Å². The summed E-state index contributed by atoms with van der Waals surface area (Å²) in [7, 11) is 0. The van der Waals surface area contributed by atoms with Crippen LogP contribution in [0.2, 0.25) is 0 Å². The predicted molar refractivity (Wildman–Crippen MR) is 73.3 cm³/mol. The minimum absolute atomic E-state index is 0.382. The molecule has 0 amide bonds. The lowest BCUT2D eigenvalue weighted by Crippen LogP contribution is -2.33. The van der Waals surface area contributed by atoms with Crippen LogP contribution in [0.1, 0.15) is 25.1 Å². The van der Waals surface area contributed by atoms with E-state index < -0.39 is 0 Å². The summed E-state index contributed by atoms with van der Waals surface area (Å²) in [5.41, 5.74) is 0. The van der Waals surface area contributed by atoms with Gasteiger partial charge in [0.15, 0.2) is 0 Å². The summed E-state index contributed by atoms with van der Waals surface area (Å²) in [6.07, 6.45) is 2.94. The number of nitrogens with one attached hydrogen (secondary N) is 1. The fourth-order valence-electron chi connectivity index (χ4n) is 1.88. The molecule has 0 bridgehead atoms. The van der Waals surface area contributed by atoms with Crippen molar-refractivity contribution in [3.63, 3.8) is 0 Å². The van der Waals surface area contributed by atoms with Gasteiger partial charge in [-0.2, -0.15) is 23.5 Å². The molecule has 0 aromatic carbocycles. The van der Waals surface area contributed by atoms with E-state index in [2.05, 4.69) is 41.8 Å². The zero-order valence-corrected chi connectivity index (χ0v) is 11.3. The largest absolute Gasteiger partial charge is 0.468 e. The standard InChI is InChI=1S/C12H19NOS2/c1-2-5-13-12(10-4-3-6-14-10)11-9-15-7-8-16-11/h3-4,6,11-13H,2,5,7-9H2,1H3. The van der Waals surface area contributed by atoms with Gasteiger partial charge in [0.05, 0.1) is 12.3 Å². The molecule has 16 heavy (non-hydrogen) atoms. The van der Waals surface area contributed by atoms with E-state index in [4.69, 9.17) is 4.42 Å². The highest BCUT2D eigenvalue weighted by Gasteiger charge is 2.27. The molecule has 4 heteroatoms. The molecule has 1 fully saturated rings. The zero-order valence-electron chi connectivity index (χ0n) is 9.65. The van der Waals surface area contributed by atoms with E-state index in [1.54, 1.807) is 6.26 Å². The molecule has 1 aliphatic heterocycles. The molecule has 0 spiro atoms. The molecule has 2 rings (SSSR count). The van der Waals surface area contributed by atoms with Crippen molar-refractivity contribution in [2.24, 2.45) is 0 Å². The van der Waals surface area contributed by atoms with Crippen molar-refractivity contribution in [1.29, 1.82) is 0 Å². The quantitative estimate of drug-likeness (QED) is 0.876. The molecule has 2 unspecified atom stereocenters. The predicted octanol–water partition coefficient (Wildman–Crippen LogP) is 3.17. The van der Waals surface area contributed by atoms with Gasteiger partial charge in [0.1, 0.15) is 5.76 Å². The summed E-state index contributed by atoms with van der Waals surface area (Å²) in [6.45, 7) is 3.27. The second-order valence-electron chi connectivity index (χ2n) is 3.93. The molecule has 1 saturated heterocycles. The van der Waals surface area contributed by atoms with Crippen LogP contribution in [0.5, 0.6) is 0 Å². The molecule has 1 N–H and O–H groups in total. The SMILES string of the molecule is CCCNC(c1ccco1)C1CSCCS1. The number of furan rings is 1. The third-order valence-electron chi connectivity index (χ3n) is 2.68. The fourth-order valence-corrected chi connectivity index (χ4v) is 4.73. The first-order valence-corrected chi connectivity index (χ1v) is 8.08. The third kappa shape index (κ3) is 3.22. The summed E-state index contributed by atoms with van der Waals surface area (Å²) in [5, 5.41) is 4.26. The van der Waals surface area contributed by atoms with Crippen LogP contribution in [0, 0.1) is 0 Å². The van der Waals surface area contributed by atoms with Crippen molar-refractivity contribution in [3.05, 3.63) is 24.2 Å². The molecule has 2 heterocycles. The van der Waals surface area contributed by atoms with E-state index in [0.29, 0.717) is 11.3 Å². The molecule has 0 aliphatic carbocycles. The Balaban J connectivity index is 2.01. The normalized spacial score (nSPS) is 23.2. The van der Waals surface area contributed by atoms with Crippen LogP contribution < -0.4 is 5.32 Å². The van der Waals surface area contributed by atoms with Crippen LogP contribution in [0.3, 0.4) is 0 Å². The van der Waals surface area contributed by atoms with E-state index in [1.165, 1.54) is 23.7 Å². The number of thioether (sulfide) groups is 2. The van der Waals surface area contributed by atoms with Gasteiger partial charge in [-0.25, -0.2) is 0 Å². The minimum Gasteiger partial charge on any atom is -0.468 e. The molecule has 90 valence electrons. The summed E-state index contributed by atoms with van der Waals surface area (Å²) in [6, 6.07) is 4.46. The van der Waals surface area contributed by atoms with E-state index in [0.717, 1.165) is 12.3 Å². The Labute approximate surface area is 106 Å². The molecule has 0 saturated carbocycles. The van der Waals surface area contributed by atoms with Gasteiger partial charge in [-0.15, -0.1) is 0 Å². The maximum Gasteiger partial charge on any atom is 0.121 e. The lowest BCUT2D eigenvalue weighted by atomic mass is 10.1. The second-order valence-corrected chi connectivity index (χ2v) is 6.43. The first-order chi connectivity index (χ1) is 7.92. The van der Waals surface area contributed by atoms with Crippen LogP contribution in [0.25, 0.3) is 0 Å². The Morgan fingerprint density at radius 1 is 1.56 bits per heavy atom. The van der Waals surface area contributed by atoms with Crippen LogP contribution in [0.4, 0.5) is 0 Å². The first-order valence-electron chi connectivity index (χ1n) is 5.88. The molecule has 1 aromatic heterocycles. The lowest BCUT2D eigenvalue weighted by molar-refractivity contribution is 0.411. The Morgan fingerprint density at radius 2 is 2.50 bits per heavy atom. The Hall–Kier alpha value is -0.0600. The highest BCUT2D eigenvalue weighted by atomic mass is 32.2. The van der Waals surface area contributed by atoms with Gasteiger partial charge in [0.25, 0.3) is 0 Å². The lowest BCUT2D eigenvalue weighted by Gasteiger charge is -2.28. The average Bonchev–Trinajstić information content (AvgIpc) is 2.85. The number of hydrogen-bond donors (Lipinski definition) is 1. The number of hydrogen-bond acceptors (Lipinski definition) is 4. The van der Waals surface area contributed by atoms with Crippen molar-refractivity contribution < 1.29 is 4.42 Å². The van der Waals surface area contributed by atoms with Gasteiger partial charge in [0.2, 0.25) is 0 Å². The van der Waals surface area contributed by atoms with Crippen LogP contribution in [0.15, 0.2) is 22.8 Å². The Morgan fingerprint density at radius 3 is 3.12 bits per heavy atom. The second kappa shape index (κ2) is 6.62. The van der Waals surface area contributed by atoms with E-state index in [9.17, 15) is 0 Å². The average molecular weight is 257 g/mol. The topological polar surface area (TPSA) is 25.2 Å². The summed E-state index contributed by atoms with van der Waals surface area (Å²) < 4.78 is 5.56. The minimum atomic E-state index is 0.382. The maximum atomic E-state index is 5.56. The van der Waals surface area contributed by atoms with E-state index >= 15 is 0 Å². The summed E-state index contributed by atoms with van der Waals surface area (Å²) in [4.78, 5) is 0. The zero-order chi connectivity index (χ0) is 11.2. The highest BCUT2D eigenvalue weighted by Crippen LogP contribution is 2.33. The molecular weight excluding hydrogens is 238 g/mol. The van der Waals surface area contributed by atoms with Gasteiger partial charge >= 0.3 is 0 Å². The highest BCUT2D eigenvalue weighted by molar-refractivity contribution is 8.06. The van der Waals surface area contributed by atoms with Gasteiger partial charge in [-0.3, -0.25) is 0 Å². The Kier molecular flexibility index (Phi) is 5.13. The van der Waals surface area contributed by atoms with Crippen molar-refractivity contribution in [3.8, 4) is 0 Å². The van der Waals surface area contributed by atoms with Crippen molar-refractivity contribution in [1.82, 2.24) is 5.32 Å². The monoisotopic (exact) mass is 257 g/mol. The number of rotatable bonds is 5. The van der Waals surface area contributed by atoms with E-state index in [1.807, 2.05) is 6.07 Å². The van der Waals surface area contributed by atoms with Gasteiger partial charge < -0.3 is 9.73 Å². The smallest absolute Gasteiger partial charge is 0.121 e. The molecule has 2 atom stereocenters. The third-order valence-corrected chi connectivity index (χ3v) is 5.54. The maximum absolute atomic E-state index is 5.56. The molecule has 2 nitrogen and oxygen atoms in total. The van der Waals surface area contributed by atoms with Crippen LogP contribution in [-0.2, 0) is 0 Å². The van der Waals surface area contributed by atoms with Crippen molar-refractivity contribution in [2.45, 2.75) is 24.6 Å².